The van der Waals surface area contributed by atoms with Crippen molar-refractivity contribution in [2.75, 3.05) is 0 Å². The van der Waals surface area contributed by atoms with E-state index in [1.165, 1.54) is 0 Å². The predicted octanol–water partition coefficient (Wildman–Crippen LogP) is 2.11. The molecule has 0 aliphatic carbocycles. The van der Waals surface area contributed by atoms with E-state index in [1.54, 1.807) is 12.3 Å². The van der Waals surface area contributed by atoms with Crippen molar-refractivity contribution >= 4 is 10.9 Å². The molecule has 0 bridgehead atoms. The normalized spacial score (nSPS) is 10.5. The highest BCUT2D eigenvalue weighted by Crippen LogP contribution is 2.13. The Bertz CT molecular complexity index is 351. The largest absolute Gasteiger partial charge is 0.359 e. The topological polar surface area (TPSA) is 15.8 Å². The first-order valence-electron chi connectivity index (χ1n) is 3.01. The molecule has 2 heteroatoms. The minimum atomic E-state index is -0.317. The molecule has 0 unspecified atom stereocenters. The van der Waals surface area contributed by atoms with E-state index in [4.69, 9.17) is 0 Å². The highest BCUT2D eigenvalue weighted by Gasteiger charge is 1.97. The molecule has 0 atom stereocenters. The van der Waals surface area contributed by atoms with Crippen molar-refractivity contribution in [2.24, 2.45) is 0 Å². The van der Waals surface area contributed by atoms with Crippen LogP contribution in [-0.4, -0.2) is 4.98 Å². The maximum atomic E-state index is 12.7. The van der Waals surface area contributed by atoms with Crippen molar-refractivity contribution in [3.8, 4) is 0 Å². The van der Waals surface area contributed by atoms with Gasteiger partial charge in [0.25, 0.3) is 0 Å². The third-order valence-corrected chi connectivity index (χ3v) is 1.47. The number of aromatic nitrogens is 1. The van der Waals surface area contributed by atoms with Crippen molar-refractivity contribution in [1.82, 2.24) is 4.98 Å². The molecular formula is C8H5FN. The fraction of sp³-hybridized carbons (Fsp3) is 0. The molecule has 2 rings (SSSR count). The summed E-state index contributed by atoms with van der Waals surface area (Å²) in [5.74, 6) is -0.317. The zero-order valence-corrected chi connectivity index (χ0v) is 5.19. The minimum absolute atomic E-state index is 0.317. The van der Waals surface area contributed by atoms with Gasteiger partial charge in [-0.15, -0.1) is 0 Å². The highest BCUT2D eigenvalue weighted by molar-refractivity contribution is 5.79. The van der Waals surface area contributed by atoms with Crippen LogP contribution in [0.5, 0.6) is 0 Å². The number of aromatic amines is 1. The average Bonchev–Trinajstić information content (AvgIpc) is 2.36. The molecule has 1 aromatic heterocycles. The summed E-state index contributed by atoms with van der Waals surface area (Å²) in [4.78, 5) is 2.78. The first-order valence-corrected chi connectivity index (χ1v) is 3.01. The summed E-state index contributed by atoms with van der Waals surface area (Å²) < 4.78 is 12.7. The molecule has 0 amide bonds. The fourth-order valence-electron chi connectivity index (χ4n) is 0.987. The monoisotopic (exact) mass is 134 g/mol. The maximum Gasteiger partial charge on any atom is 0.155 e. The zero-order chi connectivity index (χ0) is 6.97. The first kappa shape index (κ1) is 5.47. The lowest BCUT2D eigenvalue weighted by Crippen LogP contribution is -1.74. The Hall–Kier alpha value is -1.31. The van der Waals surface area contributed by atoms with Gasteiger partial charge in [-0.25, -0.2) is 4.39 Å². The van der Waals surface area contributed by atoms with Gasteiger partial charge in [-0.2, -0.15) is 0 Å². The number of nitrogens with one attached hydrogen (secondary N) is 1. The molecule has 0 spiro atoms. The molecule has 10 heavy (non-hydrogen) atoms. The van der Waals surface area contributed by atoms with Gasteiger partial charge in [0.2, 0.25) is 0 Å². The summed E-state index contributed by atoms with van der Waals surface area (Å²) in [6, 6.07) is 7.68. The van der Waals surface area contributed by atoms with Crippen LogP contribution in [0.1, 0.15) is 0 Å². The molecule has 1 aromatic carbocycles. The van der Waals surface area contributed by atoms with Crippen molar-refractivity contribution in [3.63, 3.8) is 0 Å². The van der Waals surface area contributed by atoms with E-state index in [1.807, 2.05) is 12.1 Å². The van der Waals surface area contributed by atoms with Gasteiger partial charge >= 0.3 is 0 Å². The van der Waals surface area contributed by atoms with Crippen LogP contribution < -0.4 is 0 Å². The zero-order valence-electron chi connectivity index (χ0n) is 5.19. The molecule has 0 saturated heterocycles. The summed E-state index contributed by atoms with van der Waals surface area (Å²) in [6.45, 7) is 0. The third-order valence-electron chi connectivity index (χ3n) is 1.47. The van der Waals surface area contributed by atoms with Gasteiger partial charge in [0, 0.05) is 17.6 Å². The van der Waals surface area contributed by atoms with E-state index < -0.39 is 0 Å². The van der Waals surface area contributed by atoms with Crippen LogP contribution in [0.4, 0.5) is 4.39 Å². The van der Waals surface area contributed by atoms with Crippen molar-refractivity contribution < 1.29 is 4.39 Å². The smallest absolute Gasteiger partial charge is 0.155 e. The van der Waals surface area contributed by atoms with Gasteiger partial charge in [0.05, 0.1) is 5.52 Å². The Morgan fingerprint density at radius 3 is 3.10 bits per heavy atom. The number of H-pyrrole nitrogens is 1. The number of hydrogen-bond donors (Lipinski definition) is 1. The Labute approximate surface area is 57.5 Å². The Morgan fingerprint density at radius 2 is 2.30 bits per heavy atom. The summed E-state index contributed by atoms with van der Waals surface area (Å²) in [5.41, 5.74) is 0.530. The Morgan fingerprint density at radius 1 is 1.40 bits per heavy atom. The summed E-state index contributed by atoms with van der Waals surface area (Å²) in [7, 11) is 0. The molecule has 0 aliphatic rings. The lowest BCUT2D eigenvalue weighted by atomic mass is 10.2. The molecular weight excluding hydrogens is 129 g/mol. The highest BCUT2D eigenvalue weighted by atomic mass is 19.1. The first-order chi connectivity index (χ1) is 4.88. The summed E-state index contributed by atoms with van der Waals surface area (Å²) in [6.07, 6.45) is 1.71. The minimum Gasteiger partial charge on any atom is -0.359 e. The number of benzene rings is 1. The molecule has 1 radical (unpaired) electrons. The maximum absolute atomic E-state index is 12.7. The molecule has 49 valence electrons. The number of rotatable bonds is 0. The lowest BCUT2D eigenvalue weighted by molar-refractivity contribution is 0.635. The van der Waals surface area contributed by atoms with Crippen LogP contribution in [0.25, 0.3) is 10.9 Å². The molecule has 1 N–H and O–H groups in total. The Balaban J connectivity index is 2.95. The van der Waals surface area contributed by atoms with Gasteiger partial charge < -0.3 is 4.98 Å². The standard InChI is InChI=1S/C8H5FN/c9-7-3-1-2-6-4-5-10-8(6)7/h1-2,4-5,10H. The van der Waals surface area contributed by atoms with Crippen molar-refractivity contribution in [3.05, 3.63) is 36.3 Å². The predicted molar refractivity (Wildman–Crippen MR) is 37.1 cm³/mol. The lowest BCUT2D eigenvalue weighted by Gasteiger charge is -1.88. The number of halogens is 1. The molecule has 0 aliphatic heterocycles. The van der Waals surface area contributed by atoms with Gasteiger partial charge in [-0.1, -0.05) is 12.1 Å². The van der Waals surface area contributed by atoms with Crippen molar-refractivity contribution in [1.29, 1.82) is 0 Å². The van der Waals surface area contributed by atoms with Crippen LogP contribution >= 0.6 is 0 Å². The second-order valence-electron chi connectivity index (χ2n) is 2.10. The van der Waals surface area contributed by atoms with Crippen molar-refractivity contribution in [2.45, 2.75) is 0 Å². The summed E-state index contributed by atoms with van der Waals surface area (Å²) in [5, 5.41) is 0.885. The van der Waals surface area contributed by atoms with Gasteiger partial charge in [-0.05, 0) is 6.07 Å². The summed E-state index contributed by atoms with van der Waals surface area (Å²) >= 11 is 0. The van der Waals surface area contributed by atoms with Gasteiger partial charge in [0.15, 0.2) is 5.82 Å². The quantitative estimate of drug-likeness (QED) is 0.568. The van der Waals surface area contributed by atoms with Crippen LogP contribution in [0, 0.1) is 11.9 Å². The fourth-order valence-corrected chi connectivity index (χ4v) is 0.987. The van der Waals surface area contributed by atoms with E-state index in [-0.39, 0.29) is 5.82 Å². The van der Waals surface area contributed by atoms with Crippen LogP contribution in [0.15, 0.2) is 24.4 Å². The van der Waals surface area contributed by atoms with E-state index in [0.717, 1.165) is 5.39 Å². The van der Waals surface area contributed by atoms with Crippen LogP contribution in [0.3, 0.4) is 0 Å². The van der Waals surface area contributed by atoms with E-state index in [0.29, 0.717) is 5.52 Å². The molecule has 0 fully saturated rings. The number of hydrogen-bond acceptors (Lipinski definition) is 0. The molecule has 2 aromatic rings. The second kappa shape index (κ2) is 1.84. The average molecular weight is 134 g/mol. The van der Waals surface area contributed by atoms with E-state index >= 15 is 0 Å². The van der Waals surface area contributed by atoms with E-state index in [2.05, 4.69) is 11.1 Å². The molecule has 0 saturated carbocycles. The second-order valence-corrected chi connectivity index (χ2v) is 2.10. The van der Waals surface area contributed by atoms with E-state index in [9.17, 15) is 4.39 Å². The van der Waals surface area contributed by atoms with Crippen LogP contribution in [-0.2, 0) is 0 Å². The molecule has 1 heterocycles. The Kier molecular flexibility index (Phi) is 1.01. The van der Waals surface area contributed by atoms with Gasteiger partial charge in [0.1, 0.15) is 0 Å². The van der Waals surface area contributed by atoms with Crippen LogP contribution in [0.2, 0.25) is 0 Å². The van der Waals surface area contributed by atoms with Gasteiger partial charge in [-0.3, -0.25) is 0 Å². The number of fused-ring (bicyclic) bond motifs is 1. The third kappa shape index (κ3) is 0.620. The SMILES string of the molecule is Fc1[c]ccc2cc[nH]c12. The molecule has 1 nitrogen and oxygen atoms in total.